The lowest BCUT2D eigenvalue weighted by Crippen LogP contribution is -2.26. The fourth-order valence-corrected chi connectivity index (χ4v) is 4.03. The number of carbonyl (C=O) groups is 1. The fraction of sp³-hybridized carbons (Fsp3) is 0.222. The molecule has 3 N–H and O–H groups in total. The van der Waals surface area contributed by atoms with Gasteiger partial charge in [0, 0.05) is 41.5 Å². The van der Waals surface area contributed by atoms with E-state index in [0.29, 0.717) is 52.7 Å². The maximum Gasteiger partial charge on any atom is 0.253 e. The van der Waals surface area contributed by atoms with Gasteiger partial charge < -0.3 is 29.8 Å². The number of fused-ring (bicyclic) bond motifs is 1. The van der Waals surface area contributed by atoms with Crippen molar-refractivity contribution in [1.82, 2.24) is 10.3 Å². The molecule has 8 heteroatoms. The Labute approximate surface area is 203 Å². The molecular weight excluding hydrogens is 449 g/mol. The van der Waals surface area contributed by atoms with Crippen LogP contribution >= 0.6 is 0 Å². The van der Waals surface area contributed by atoms with Crippen LogP contribution in [0.15, 0.2) is 54.7 Å². The molecule has 0 unspecified atom stereocenters. The van der Waals surface area contributed by atoms with Gasteiger partial charge in [0.1, 0.15) is 5.82 Å². The van der Waals surface area contributed by atoms with Gasteiger partial charge in [-0.2, -0.15) is 0 Å². The number of H-pyrrole nitrogens is 1. The van der Waals surface area contributed by atoms with E-state index in [2.05, 4.69) is 15.6 Å². The predicted octanol–water partition coefficient (Wildman–Crippen LogP) is 5.36. The van der Waals surface area contributed by atoms with Crippen molar-refractivity contribution in [1.29, 1.82) is 0 Å². The lowest BCUT2D eigenvalue weighted by atomic mass is 10.1. The minimum absolute atomic E-state index is 0.303. The van der Waals surface area contributed by atoms with E-state index in [1.54, 1.807) is 19.1 Å². The average molecular weight is 478 g/mol. The van der Waals surface area contributed by atoms with Crippen LogP contribution in [-0.2, 0) is 6.42 Å². The minimum Gasteiger partial charge on any atom is -0.493 e. The second-order valence-electron chi connectivity index (χ2n) is 8.05. The molecule has 182 valence electrons. The number of benzene rings is 3. The highest BCUT2D eigenvalue weighted by Gasteiger charge is 2.18. The zero-order chi connectivity index (χ0) is 24.9. The van der Waals surface area contributed by atoms with Gasteiger partial charge in [-0.05, 0) is 42.7 Å². The number of methoxy groups -OCH3 is 3. The Morgan fingerprint density at radius 1 is 1.00 bits per heavy atom. The highest BCUT2D eigenvalue weighted by Crippen LogP contribution is 2.41. The van der Waals surface area contributed by atoms with E-state index < -0.39 is 5.82 Å². The molecule has 4 rings (SSSR count). The number of hydrogen-bond donors (Lipinski definition) is 3. The number of hydrogen-bond acceptors (Lipinski definition) is 5. The van der Waals surface area contributed by atoms with Gasteiger partial charge in [-0.15, -0.1) is 0 Å². The van der Waals surface area contributed by atoms with Crippen molar-refractivity contribution in [3.05, 3.63) is 77.2 Å². The molecule has 0 aliphatic rings. The zero-order valence-electron chi connectivity index (χ0n) is 20.1. The first kappa shape index (κ1) is 23.9. The van der Waals surface area contributed by atoms with E-state index in [9.17, 15) is 9.18 Å². The first-order chi connectivity index (χ1) is 16.9. The summed E-state index contributed by atoms with van der Waals surface area (Å²) in [6.07, 6.45) is 2.61. The smallest absolute Gasteiger partial charge is 0.253 e. The Balaban J connectivity index is 1.56. The third kappa shape index (κ3) is 5.01. The number of anilines is 2. The molecule has 4 aromatic rings. The maximum absolute atomic E-state index is 14.5. The number of aryl methyl sites for hydroxylation is 1. The van der Waals surface area contributed by atoms with E-state index in [4.69, 9.17) is 14.2 Å². The van der Waals surface area contributed by atoms with Crippen molar-refractivity contribution in [3.8, 4) is 17.2 Å². The Kier molecular flexibility index (Phi) is 7.10. The molecule has 7 nitrogen and oxygen atoms in total. The van der Waals surface area contributed by atoms with Crippen LogP contribution in [0.3, 0.4) is 0 Å². The number of para-hydroxylation sites is 1. The summed E-state index contributed by atoms with van der Waals surface area (Å²) in [7, 11) is 4.54. The second-order valence-corrected chi connectivity index (χ2v) is 8.05. The number of aromatic nitrogens is 1. The largest absolute Gasteiger partial charge is 0.493 e. The molecular formula is C27H28FN3O4. The summed E-state index contributed by atoms with van der Waals surface area (Å²) in [5.41, 5.74) is 3.76. The summed E-state index contributed by atoms with van der Waals surface area (Å²) in [5, 5.41) is 7.21. The molecule has 0 saturated carbocycles. The average Bonchev–Trinajstić information content (AvgIpc) is 3.28. The molecule has 0 fully saturated rings. The number of halogens is 1. The number of carbonyl (C=O) groups excluding carboxylic acids is 1. The van der Waals surface area contributed by atoms with Gasteiger partial charge >= 0.3 is 0 Å². The van der Waals surface area contributed by atoms with Crippen LogP contribution < -0.4 is 24.8 Å². The van der Waals surface area contributed by atoms with Crippen molar-refractivity contribution >= 4 is 28.2 Å². The lowest BCUT2D eigenvalue weighted by Gasteiger charge is -2.17. The van der Waals surface area contributed by atoms with E-state index >= 15 is 0 Å². The zero-order valence-corrected chi connectivity index (χ0v) is 20.1. The SMILES string of the molecule is COc1cc(Nc2cc(F)c(C)cc2C(=O)NCCc2c[nH]c3ccccc23)cc(OC)c1OC. The highest BCUT2D eigenvalue weighted by molar-refractivity contribution is 6.00. The standard InChI is InChI=1S/C27H28FN3O4/c1-16-11-20(27(32)29-10-9-17-15-30-22-8-6-5-7-19(17)22)23(14-21(16)28)31-18-12-24(33-2)26(35-4)25(13-18)34-3/h5-8,11-15,30-31H,9-10H2,1-4H3,(H,29,32). The van der Waals surface area contributed by atoms with Crippen LogP contribution in [0.25, 0.3) is 10.9 Å². The van der Waals surface area contributed by atoms with Crippen LogP contribution in [0, 0.1) is 12.7 Å². The monoisotopic (exact) mass is 477 g/mol. The van der Waals surface area contributed by atoms with Crippen molar-refractivity contribution in [3.63, 3.8) is 0 Å². The molecule has 0 spiro atoms. The van der Waals surface area contributed by atoms with Gasteiger partial charge in [0.2, 0.25) is 5.75 Å². The summed E-state index contributed by atoms with van der Waals surface area (Å²) >= 11 is 0. The fourth-order valence-electron chi connectivity index (χ4n) is 4.03. The van der Waals surface area contributed by atoms with Crippen molar-refractivity contribution in [2.45, 2.75) is 13.3 Å². The van der Waals surface area contributed by atoms with Gasteiger partial charge in [0.15, 0.2) is 11.5 Å². The molecule has 0 atom stereocenters. The van der Waals surface area contributed by atoms with Gasteiger partial charge in [-0.1, -0.05) is 18.2 Å². The minimum atomic E-state index is -0.421. The molecule has 0 aliphatic heterocycles. The van der Waals surface area contributed by atoms with Crippen LogP contribution in [-0.4, -0.2) is 38.8 Å². The molecule has 1 amide bonds. The summed E-state index contributed by atoms with van der Waals surface area (Å²) < 4.78 is 30.6. The Morgan fingerprint density at radius 3 is 2.40 bits per heavy atom. The van der Waals surface area contributed by atoms with Gasteiger partial charge in [0.05, 0.1) is 32.6 Å². The normalized spacial score (nSPS) is 10.8. The summed E-state index contributed by atoms with van der Waals surface area (Å²) in [4.78, 5) is 16.3. The number of rotatable bonds is 9. The Bertz CT molecular complexity index is 1340. The lowest BCUT2D eigenvalue weighted by molar-refractivity contribution is 0.0955. The molecule has 0 radical (unpaired) electrons. The summed E-state index contributed by atoms with van der Waals surface area (Å²) in [6.45, 7) is 2.06. The van der Waals surface area contributed by atoms with E-state index in [1.165, 1.54) is 33.5 Å². The van der Waals surface area contributed by atoms with E-state index in [-0.39, 0.29) is 5.91 Å². The molecule has 1 aromatic heterocycles. The van der Waals surface area contributed by atoms with Crippen molar-refractivity contribution in [2.75, 3.05) is 33.2 Å². The summed E-state index contributed by atoms with van der Waals surface area (Å²) in [6, 6.07) is 14.3. The number of nitrogens with one attached hydrogen (secondary N) is 3. The summed E-state index contributed by atoms with van der Waals surface area (Å²) in [5.74, 6) is 0.586. The quantitative estimate of drug-likeness (QED) is 0.302. The molecule has 3 aromatic carbocycles. The molecule has 0 saturated heterocycles. The molecule has 1 heterocycles. The molecule has 0 aliphatic carbocycles. The second kappa shape index (κ2) is 10.4. The highest BCUT2D eigenvalue weighted by atomic mass is 19.1. The topological polar surface area (TPSA) is 84.6 Å². The van der Waals surface area contributed by atoms with Gasteiger partial charge in [0.25, 0.3) is 5.91 Å². The van der Waals surface area contributed by atoms with Crippen LogP contribution in [0.2, 0.25) is 0 Å². The number of aromatic amines is 1. The van der Waals surface area contributed by atoms with E-state index in [1.807, 2.05) is 30.5 Å². The van der Waals surface area contributed by atoms with Crippen LogP contribution in [0.5, 0.6) is 17.2 Å². The van der Waals surface area contributed by atoms with Crippen LogP contribution in [0.4, 0.5) is 15.8 Å². The number of amides is 1. The van der Waals surface area contributed by atoms with E-state index in [0.717, 1.165) is 16.5 Å². The maximum atomic E-state index is 14.5. The third-order valence-corrected chi connectivity index (χ3v) is 5.84. The first-order valence-electron chi connectivity index (χ1n) is 11.2. The first-order valence-corrected chi connectivity index (χ1v) is 11.2. The number of ether oxygens (including phenoxy) is 3. The Hall–Kier alpha value is -4.20. The van der Waals surface area contributed by atoms with Gasteiger partial charge in [-0.25, -0.2) is 4.39 Å². The molecule has 0 bridgehead atoms. The Morgan fingerprint density at radius 2 is 1.71 bits per heavy atom. The van der Waals surface area contributed by atoms with Crippen LogP contribution in [0.1, 0.15) is 21.5 Å². The predicted molar refractivity (Wildman–Crippen MR) is 135 cm³/mol. The van der Waals surface area contributed by atoms with Crippen molar-refractivity contribution in [2.24, 2.45) is 0 Å². The third-order valence-electron chi connectivity index (χ3n) is 5.84. The van der Waals surface area contributed by atoms with Crippen molar-refractivity contribution < 1.29 is 23.4 Å². The van der Waals surface area contributed by atoms with Gasteiger partial charge in [-0.3, -0.25) is 4.79 Å². The molecule has 35 heavy (non-hydrogen) atoms.